The number of fused-ring (bicyclic) bond motifs is 1. The van der Waals surface area contributed by atoms with Gasteiger partial charge in [-0.3, -0.25) is 14.9 Å². The van der Waals surface area contributed by atoms with Gasteiger partial charge in [-0.25, -0.2) is 4.79 Å². The van der Waals surface area contributed by atoms with E-state index >= 15 is 0 Å². The molecule has 0 saturated heterocycles. The third-order valence-electron chi connectivity index (χ3n) is 2.56. The number of hydrogen-bond acceptors (Lipinski definition) is 10. The van der Waals surface area contributed by atoms with Crippen LogP contribution in [0.2, 0.25) is 0 Å². The normalized spacial score (nSPS) is 9.44. The second-order valence-electron chi connectivity index (χ2n) is 4.12. The molecule has 2 aromatic rings. The quantitative estimate of drug-likeness (QED) is 0.166. The van der Waals surface area contributed by atoms with Gasteiger partial charge in [0, 0.05) is 11.6 Å². The zero-order valence-electron chi connectivity index (χ0n) is 12.4. The van der Waals surface area contributed by atoms with Crippen LogP contribution in [0.4, 0.5) is 5.69 Å². The molecule has 13 nitrogen and oxygen atoms in total. The summed E-state index contributed by atoms with van der Waals surface area (Å²) in [5.41, 5.74) is -2.49. The Labute approximate surface area is 178 Å². The minimum absolute atomic E-state index is 0. The molecule has 25 heavy (non-hydrogen) atoms. The number of nitro benzene ring substituents is 1. The molecule has 0 amide bonds. The molecule has 0 aliphatic carbocycles. The van der Waals surface area contributed by atoms with E-state index < -0.39 is 45.2 Å². The number of nitro groups is 1. The second kappa shape index (κ2) is 9.28. The number of carbonyl (C=O) groups is 1. The number of phenols is 2. The van der Waals surface area contributed by atoms with Crippen LogP contribution in [-0.2, 0) is 11.2 Å². The van der Waals surface area contributed by atoms with Gasteiger partial charge in [-0.05, 0) is 6.07 Å². The maximum absolute atomic E-state index is 11.5. The summed E-state index contributed by atoms with van der Waals surface area (Å²) < 4.78 is 4.73. The number of nitrogens with zero attached hydrogens (tertiary/aromatic N) is 2. The Morgan fingerprint density at radius 1 is 1.16 bits per heavy atom. The number of aromatic hydroxyl groups is 2. The van der Waals surface area contributed by atoms with Gasteiger partial charge in [-0.15, -0.1) is 0 Å². The van der Waals surface area contributed by atoms with Crippen molar-refractivity contribution >= 4 is 22.6 Å². The molecule has 0 radical (unpaired) electrons. The number of phenolic OH excluding ortho intramolecular Hbond substituents is 2. The van der Waals surface area contributed by atoms with Crippen LogP contribution in [0, 0.1) is 25.4 Å². The maximum Gasteiger partial charge on any atom is 1.00 e. The van der Waals surface area contributed by atoms with Gasteiger partial charge in [0.2, 0.25) is 5.75 Å². The fraction of sp³-hybridized carbons (Fsp3) is 0.0909. The average Bonchev–Trinajstić information content (AvgIpc) is 2.40. The summed E-state index contributed by atoms with van der Waals surface area (Å²) in [6.07, 6.45) is -0.683. The van der Waals surface area contributed by atoms with E-state index in [1.165, 1.54) is 0 Å². The third kappa shape index (κ3) is 5.95. The van der Waals surface area contributed by atoms with Gasteiger partial charge in [-0.2, -0.15) is 0 Å². The van der Waals surface area contributed by atoms with E-state index in [2.05, 4.69) is 0 Å². The van der Waals surface area contributed by atoms with Crippen LogP contribution in [0.3, 0.4) is 0 Å². The second-order valence-corrected chi connectivity index (χ2v) is 4.12. The Hall–Kier alpha value is -2.26. The maximum atomic E-state index is 11.5. The molecule has 0 aliphatic rings. The molecule has 3 N–H and O–H groups in total. The van der Waals surface area contributed by atoms with Crippen LogP contribution >= 0.6 is 0 Å². The summed E-state index contributed by atoms with van der Waals surface area (Å²) in [5, 5.41) is 52.8. The number of carboxylic acid groups (broad SMARTS) is 1. The molecule has 14 heteroatoms. The summed E-state index contributed by atoms with van der Waals surface area (Å²) in [5.74, 6) is -3.13. The molecule has 1 heterocycles. The smallest absolute Gasteiger partial charge is 0.504 e. The number of rotatable bonds is 3. The fourth-order valence-electron chi connectivity index (χ4n) is 1.73. The molecule has 2 rings (SSSR count). The fourth-order valence-corrected chi connectivity index (χ4v) is 1.73. The Kier molecular flexibility index (Phi) is 8.44. The van der Waals surface area contributed by atoms with Crippen molar-refractivity contribution in [3.63, 3.8) is 0 Å². The van der Waals surface area contributed by atoms with E-state index in [4.69, 9.17) is 24.8 Å². The van der Waals surface area contributed by atoms with Crippen molar-refractivity contribution in [2.75, 3.05) is 0 Å². The van der Waals surface area contributed by atoms with Crippen molar-refractivity contribution in [3.05, 3.63) is 53.6 Å². The molecule has 1 aromatic heterocycles. The third-order valence-corrected chi connectivity index (χ3v) is 2.56. The Bertz CT molecular complexity index is 888. The largest absolute Gasteiger partial charge is 1.00 e. The zero-order chi connectivity index (χ0) is 18.6. The minimum Gasteiger partial charge on any atom is -0.504 e. The van der Waals surface area contributed by atoms with Crippen molar-refractivity contribution in [2.45, 2.75) is 6.42 Å². The summed E-state index contributed by atoms with van der Waals surface area (Å²) >= 11 is 0. The van der Waals surface area contributed by atoms with Crippen LogP contribution in [0.5, 0.6) is 11.5 Å². The molecule has 0 spiro atoms. The first-order valence-electron chi connectivity index (χ1n) is 5.74. The van der Waals surface area contributed by atoms with Crippen LogP contribution in [0.15, 0.2) is 21.3 Å². The molecule has 128 valence electrons. The first-order valence-corrected chi connectivity index (χ1v) is 5.74. The van der Waals surface area contributed by atoms with Gasteiger partial charge in [0.25, 0.3) is 0 Å². The Morgan fingerprint density at radius 2 is 1.68 bits per heavy atom. The average molecular weight is 382 g/mol. The molecule has 0 fully saturated rings. The molecule has 0 saturated carbocycles. The van der Waals surface area contributed by atoms with Crippen molar-refractivity contribution < 1.29 is 85.9 Å². The van der Waals surface area contributed by atoms with Gasteiger partial charge >= 0.3 is 68.7 Å². The van der Waals surface area contributed by atoms with E-state index in [0.29, 0.717) is 0 Å². The summed E-state index contributed by atoms with van der Waals surface area (Å²) in [6.45, 7) is 0. The van der Waals surface area contributed by atoms with Crippen molar-refractivity contribution in [3.8, 4) is 11.5 Å². The van der Waals surface area contributed by atoms with E-state index in [-0.39, 0.29) is 67.9 Å². The first-order chi connectivity index (χ1) is 11.0. The molecule has 1 aromatic carbocycles. The van der Waals surface area contributed by atoms with E-state index in [1.807, 2.05) is 0 Å². The van der Waals surface area contributed by atoms with Crippen LogP contribution in [0.1, 0.15) is 5.56 Å². The SMILES string of the molecule is O=C(O)Cc1cc2c([N+](=O)[O-])c(O)c(O)cc2oc1=O.O=[N+]([O-])[O-].[K+]. The monoisotopic (exact) mass is 382 g/mol. The summed E-state index contributed by atoms with van der Waals surface area (Å²) in [6, 6.07) is 1.79. The van der Waals surface area contributed by atoms with Crippen molar-refractivity contribution in [1.29, 1.82) is 0 Å². The predicted molar refractivity (Wildman–Crippen MR) is 74.2 cm³/mol. The predicted octanol–water partition coefficient (Wildman–Crippen LogP) is -2.50. The van der Waals surface area contributed by atoms with Gasteiger partial charge in [0.1, 0.15) is 5.58 Å². The zero-order valence-corrected chi connectivity index (χ0v) is 15.5. The van der Waals surface area contributed by atoms with Crippen molar-refractivity contribution in [1.82, 2.24) is 0 Å². The molecule has 0 bridgehead atoms. The van der Waals surface area contributed by atoms with E-state index in [0.717, 1.165) is 12.1 Å². The van der Waals surface area contributed by atoms with Crippen molar-refractivity contribution in [2.24, 2.45) is 0 Å². The number of aliphatic carboxylic acids is 1. The number of carboxylic acids is 1. The first kappa shape index (κ1) is 22.7. The Morgan fingerprint density at radius 3 is 2.12 bits per heavy atom. The summed E-state index contributed by atoms with van der Waals surface area (Å²) in [7, 11) is 0. The topological polar surface area (TPSA) is 217 Å². The molecule has 0 aliphatic heterocycles. The summed E-state index contributed by atoms with van der Waals surface area (Å²) in [4.78, 5) is 40.3. The standard InChI is InChI=1S/C11H7NO8.K.NO3/c13-6-3-7-5(9(10(6)16)12(18)19)1-4(2-8(14)15)11(17)20-7;;2-1(3)4/h1,3,13,16H,2H2,(H,14,15);;/q;+1;-1. The van der Waals surface area contributed by atoms with Gasteiger partial charge < -0.3 is 35.1 Å². The van der Waals surface area contributed by atoms with Gasteiger partial charge in [0.15, 0.2) is 5.75 Å². The van der Waals surface area contributed by atoms with Crippen LogP contribution in [0.25, 0.3) is 11.0 Å². The number of benzene rings is 1. The number of hydrogen-bond donors (Lipinski definition) is 3. The Balaban J connectivity index is 0.00000104. The van der Waals surface area contributed by atoms with E-state index in [9.17, 15) is 29.9 Å². The van der Waals surface area contributed by atoms with Crippen LogP contribution < -0.4 is 57.0 Å². The molecule has 0 atom stereocenters. The van der Waals surface area contributed by atoms with Gasteiger partial charge in [-0.1, -0.05) is 0 Å². The molecule has 0 unspecified atom stereocenters. The van der Waals surface area contributed by atoms with Crippen LogP contribution in [-0.4, -0.2) is 31.3 Å². The molecular weight excluding hydrogens is 375 g/mol. The minimum atomic E-state index is -1.75. The molecular formula is C11H7KN2O11. The van der Waals surface area contributed by atoms with E-state index in [1.54, 1.807) is 0 Å². The van der Waals surface area contributed by atoms with Gasteiger partial charge in [0.05, 0.1) is 21.8 Å².